The Morgan fingerprint density at radius 1 is 1.40 bits per heavy atom. The van der Waals surface area contributed by atoms with E-state index in [0.717, 1.165) is 32.2 Å². The maximum Gasteiger partial charge on any atom is 0.220 e. The first kappa shape index (κ1) is 19.8. The Kier molecular flexibility index (Phi) is 6.57. The smallest absolute Gasteiger partial charge is 0.220 e. The van der Waals surface area contributed by atoms with Crippen LogP contribution in [0.4, 0.5) is 4.39 Å². The van der Waals surface area contributed by atoms with Crippen molar-refractivity contribution in [1.82, 2.24) is 10.6 Å². The molecular formula is C18H27FN2O3S. The summed E-state index contributed by atoms with van der Waals surface area (Å²) in [5, 5.41) is 6.23. The summed E-state index contributed by atoms with van der Waals surface area (Å²) >= 11 is 0. The van der Waals surface area contributed by atoms with E-state index < -0.39 is 15.7 Å². The zero-order valence-electron chi connectivity index (χ0n) is 15.0. The molecule has 1 saturated heterocycles. The topological polar surface area (TPSA) is 75.3 Å². The van der Waals surface area contributed by atoms with E-state index in [9.17, 15) is 17.6 Å². The number of carbonyl (C=O) groups is 1. The van der Waals surface area contributed by atoms with Gasteiger partial charge in [-0.05, 0) is 62.4 Å². The maximum atomic E-state index is 14.0. The number of hydrogen-bond acceptors (Lipinski definition) is 4. The Labute approximate surface area is 149 Å². The second kappa shape index (κ2) is 8.27. The fraction of sp³-hybridized carbons (Fsp3) is 0.611. The molecule has 1 aliphatic heterocycles. The fourth-order valence-corrected chi connectivity index (χ4v) is 4.02. The van der Waals surface area contributed by atoms with Crippen LogP contribution in [0.5, 0.6) is 0 Å². The fourth-order valence-electron chi connectivity index (χ4n) is 3.29. The second-order valence-corrected chi connectivity index (χ2v) is 9.02. The summed E-state index contributed by atoms with van der Waals surface area (Å²) in [6.45, 7) is 5.84. The predicted octanol–water partition coefficient (Wildman–Crippen LogP) is 2.43. The third-order valence-corrected chi connectivity index (χ3v) is 6.01. The Hall–Kier alpha value is -1.47. The number of nitrogens with one attached hydrogen (secondary N) is 2. The van der Waals surface area contributed by atoms with E-state index in [1.807, 2.05) is 0 Å². The lowest BCUT2D eigenvalue weighted by atomic mass is 9.85. The van der Waals surface area contributed by atoms with E-state index in [1.54, 1.807) is 13.0 Å². The van der Waals surface area contributed by atoms with Crippen LogP contribution in [0.15, 0.2) is 23.1 Å². The SMILES string of the molecule is CC(NC(=O)CC(C)C1CCCNC1)c1ccc(S(C)(=O)=O)c(F)c1. The minimum Gasteiger partial charge on any atom is -0.350 e. The van der Waals surface area contributed by atoms with E-state index in [-0.39, 0.29) is 22.8 Å². The number of carbonyl (C=O) groups excluding carboxylic acids is 1. The Balaban J connectivity index is 1.95. The third-order valence-electron chi connectivity index (χ3n) is 4.88. The number of piperidine rings is 1. The van der Waals surface area contributed by atoms with Crippen LogP contribution in [-0.2, 0) is 14.6 Å². The number of hydrogen-bond donors (Lipinski definition) is 2. The summed E-state index contributed by atoms with van der Waals surface area (Å²) in [6, 6.07) is 3.58. The van der Waals surface area contributed by atoms with E-state index in [0.29, 0.717) is 17.9 Å². The molecule has 1 aromatic carbocycles. The molecule has 1 amide bonds. The molecule has 1 aromatic rings. The number of halogens is 1. The number of rotatable bonds is 6. The average molecular weight is 370 g/mol. The van der Waals surface area contributed by atoms with Crippen molar-refractivity contribution < 1.29 is 17.6 Å². The highest BCUT2D eigenvalue weighted by molar-refractivity contribution is 7.90. The van der Waals surface area contributed by atoms with Gasteiger partial charge in [-0.25, -0.2) is 12.8 Å². The van der Waals surface area contributed by atoms with Crippen LogP contribution in [0.3, 0.4) is 0 Å². The molecule has 2 N–H and O–H groups in total. The molecular weight excluding hydrogens is 343 g/mol. The van der Waals surface area contributed by atoms with Gasteiger partial charge in [0.15, 0.2) is 9.84 Å². The standard InChI is InChI=1S/C18H27FN2O3S/c1-12(15-5-4-8-20-11-15)9-18(22)21-13(2)14-6-7-17(16(19)10-14)25(3,23)24/h6-7,10,12-13,15,20H,4-5,8-9,11H2,1-3H3,(H,21,22). The largest absolute Gasteiger partial charge is 0.350 e. The molecule has 140 valence electrons. The average Bonchev–Trinajstić information content (AvgIpc) is 2.54. The van der Waals surface area contributed by atoms with Gasteiger partial charge in [-0.15, -0.1) is 0 Å². The summed E-state index contributed by atoms with van der Waals surface area (Å²) in [6.07, 6.45) is 3.67. The van der Waals surface area contributed by atoms with Crippen molar-refractivity contribution in [3.05, 3.63) is 29.6 Å². The molecule has 1 heterocycles. The summed E-state index contributed by atoms with van der Waals surface area (Å²) in [4.78, 5) is 11.9. The third kappa shape index (κ3) is 5.51. The molecule has 0 radical (unpaired) electrons. The normalized spacial score (nSPS) is 20.7. The summed E-state index contributed by atoms with van der Waals surface area (Å²) in [7, 11) is -3.60. The van der Waals surface area contributed by atoms with Crippen LogP contribution in [0, 0.1) is 17.7 Å². The van der Waals surface area contributed by atoms with Crippen molar-refractivity contribution in [2.24, 2.45) is 11.8 Å². The van der Waals surface area contributed by atoms with Crippen LogP contribution in [0.1, 0.15) is 44.7 Å². The lowest BCUT2D eigenvalue weighted by Crippen LogP contribution is -2.36. The molecule has 0 aliphatic carbocycles. The summed E-state index contributed by atoms with van der Waals surface area (Å²) in [5.74, 6) is -0.0773. The van der Waals surface area contributed by atoms with E-state index in [2.05, 4.69) is 17.6 Å². The summed E-state index contributed by atoms with van der Waals surface area (Å²) < 4.78 is 36.9. The minimum absolute atomic E-state index is 0.0711. The van der Waals surface area contributed by atoms with Crippen molar-refractivity contribution in [2.75, 3.05) is 19.3 Å². The van der Waals surface area contributed by atoms with Crippen molar-refractivity contribution >= 4 is 15.7 Å². The van der Waals surface area contributed by atoms with Gasteiger partial charge in [0.2, 0.25) is 5.91 Å². The second-order valence-electron chi connectivity index (χ2n) is 7.04. The van der Waals surface area contributed by atoms with Crippen LogP contribution >= 0.6 is 0 Å². The zero-order valence-corrected chi connectivity index (χ0v) is 15.8. The highest BCUT2D eigenvalue weighted by Crippen LogP contribution is 2.24. The molecule has 0 saturated carbocycles. The van der Waals surface area contributed by atoms with Crippen LogP contribution in [-0.4, -0.2) is 33.7 Å². The Morgan fingerprint density at radius 3 is 2.68 bits per heavy atom. The monoisotopic (exact) mass is 370 g/mol. The Morgan fingerprint density at radius 2 is 2.12 bits per heavy atom. The van der Waals surface area contributed by atoms with E-state index in [1.165, 1.54) is 12.1 Å². The molecule has 3 unspecified atom stereocenters. The molecule has 0 bridgehead atoms. The molecule has 5 nitrogen and oxygen atoms in total. The van der Waals surface area contributed by atoms with Gasteiger partial charge < -0.3 is 10.6 Å². The summed E-state index contributed by atoms with van der Waals surface area (Å²) in [5.41, 5.74) is 0.547. The van der Waals surface area contributed by atoms with Gasteiger partial charge in [0, 0.05) is 12.7 Å². The zero-order chi connectivity index (χ0) is 18.6. The first-order chi connectivity index (χ1) is 11.7. The predicted molar refractivity (Wildman–Crippen MR) is 95.4 cm³/mol. The minimum atomic E-state index is -3.60. The molecule has 2 rings (SSSR count). The number of sulfone groups is 1. The van der Waals surface area contributed by atoms with Crippen LogP contribution < -0.4 is 10.6 Å². The van der Waals surface area contributed by atoms with Crippen molar-refractivity contribution in [3.8, 4) is 0 Å². The van der Waals surface area contributed by atoms with Gasteiger partial charge in [-0.1, -0.05) is 13.0 Å². The van der Waals surface area contributed by atoms with Crippen LogP contribution in [0.2, 0.25) is 0 Å². The maximum absolute atomic E-state index is 14.0. The lowest BCUT2D eigenvalue weighted by molar-refractivity contribution is -0.123. The van der Waals surface area contributed by atoms with E-state index in [4.69, 9.17) is 0 Å². The number of amides is 1. The van der Waals surface area contributed by atoms with Gasteiger partial charge >= 0.3 is 0 Å². The van der Waals surface area contributed by atoms with Gasteiger partial charge in [-0.3, -0.25) is 4.79 Å². The molecule has 0 spiro atoms. The van der Waals surface area contributed by atoms with E-state index >= 15 is 0 Å². The van der Waals surface area contributed by atoms with Gasteiger partial charge in [0.05, 0.1) is 6.04 Å². The molecule has 0 aromatic heterocycles. The molecule has 7 heteroatoms. The highest BCUT2D eigenvalue weighted by Gasteiger charge is 2.23. The first-order valence-electron chi connectivity index (χ1n) is 8.68. The Bertz CT molecular complexity index is 715. The van der Waals surface area contributed by atoms with Crippen molar-refractivity contribution in [3.63, 3.8) is 0 Å². The molecule has 3 atom stereocenters. The molecule has 25 heavy (non-hydrogen) atoms. The van der Waals surface area contributed by atoms with Gasteiger partial charge in [0.25, 0.3) is 0 Å². The van der Waals surface area contributed by atoms with Crippen molar-refractivity contribution in [2.45, 2.75) is 44.0 Å². The first-order valence-corrected chi connectivity index (χ1v) is 10.6. The lowest BCUT2D eigenvalue weighted by Gasteiger charge is -2.28. The molecule has 1 aliphatic rings. The highest BCUT2D eigenvalue weighted by atomic mass is 32.2. The van der Waals surface area contributed by atoms with Crippen molar-refractivity contribution in [1.29, 1.82) is 0 Å². The molecule has 1 fully saturated rings. The van der Waals surface area contributed by atoms with Crippen LogP contribution in [0.25, 0.3) is 0 Å². The quantitative estimate of drug-likeness (QED) is 0.806. The van der Waals surface area contributed by atoms with Gasteiger partial charge in [-0.2, -0.15) is 0 Å². The van der Waals surface area contributed by atoms with Gasteiger partial charge in [0.1, 0.15) is 10.7 Å². The number of benzene rings is 1.